The third kappa shape index (κ3) is 6.45. The molecule has 0 radical (unpaired) electrons. The topological polar surface area (TPSA) is 65.9 Å². The first-order chi connectivity index (χ1) is 13.7. The average Bonchev–Trinajstić information content (AvgIpc) is 2.73. The number of nitrogens with one attached hydrogen (secondary N) is 1. The van der Waals surface area contributed by atoms with Crippen molar-refractivity contribution in [2.24, 2.45) is 4.99 Å². The Hall–Kier alpha value is -2.10. The van der Waals surface area contributed by atoms with Crippen molar-refractivity contribution in [1.29, 1.82) is 0 Å². The van der Waals surface area contributed by atoms with Gasteiger partial charge in [0.2, 0.25) is 5.95 Å². The highest BCUT2D eigenvalue weighted by molar-refractivity contribution is 14.0. The molecule has 7 nitrogen and oxygen atoms in total. The Balaban J connectivity index is 0.00000300. The minimum atomic E-state index is 0. The number of halogens is 1. The molecule has 1 N–H and O–H groups in total. The number of anilines is 1. The molecule has 158 valence electrons. The van der Waals surface area contributed by atoms with E-state index in [0.29, 0.717) is 13.2 Å². The third-order valence-electron chi connectivity index (χ3n) is 4.76. The monoisotopic (exact) mass is 510 g/mol. The molecule has 0 unspecified atom stereocenters. The summed E-state index contributed by atoms with van der Waals surface area (Å²) in [6.07, 6.45) is 3.58. The van der Waals surface area contributed by atoms with E-state index in [2.05, 4.69) is 64.1 Å². The second kappa shape index (κ2) is 11.8. The summed E-state index contributed by atoms with van der Waals surface area (Å²) in [7, 11) is 0. The number of hydrogen-bond acceptors (Lipinski definition) is 5. The van der Waals surface area contributed by atoms with E-state index in [-0.39, 0.29) is 24.0 Å². The highest BCUT2D eigenvalue weighted by Gasteiger charge is 2.20. The molecule has 0 aliphatic carbocycles. The summed E-state index contributed by atoms with van der Waals surface area (Å²) in [4.78, 5) is 18.0. The highest BCUT2D eigenvalue weighted by Crippen LogP contribution is 2.22. The predicted molar refractivity (Wildman–Crippen MR) is 129 cm³/mol. The third-order valence-corrected chi connectivity index (χ3v) is 4.76. The van der Waals surface area contributed by atoms with Crippen molar-refractivity contribution in [3.8, 4) is 5.75 Å². The number of para-hydroxylation sites is 1. The van der Waals surface area contributed by atoms with Gasteiger partial charge >= 0.3 is 0 Å². The number of guanidine groups is 1. The molecule has 0 spiro atoms. The van der Waals surface area contributed by atoms with Crippen LogP contribution in [-0.4, -0.2) is 66.7 Å². The van der Waals surface area contributed by atoms with Crippen molar-refractivity contribution in [1.82, 2.24) is 20.2 Å². The Labute approximate surface area is 190 Å². The molecule has 29 heavy (non-hydrogen) atoms. The van der Waals surface area contributed by atoms with Gasteiger partial charge in [-0.15, -0.1) is 24.0 Å². The van der Waals surface area contributed by atoms with Crippen molar-refractivity contribution < 1.29 is 4.74 Å². The van der Waals surface area contributed by atoms with E-state index in [0.717, 1.165) is 61.5 Å². The molecule has 1 saturated heterocycles. The van der Waals surface area contributed by atoms with Crippen LogP contribution in [0.25, 0.3) is 0 Å². The summed E-state index contributed by atoms with van der Waals surface area (Å²) in [6.45, 7) is 11.8. The molecule has 0 bridgehead atoms. The van der Waals surface area contributed by atoms with Gasteiger partial charge in [-0.05, 0) is 38.0 Å². The minimum Gasteiger partial charge on any atom is -0.491 e. The number of hydrogen-bond donors (Lipinski definition) is 1. The SMILES string of the molecule is CCNC(=NCCOc1c(C)cccc1C)N1CCN(c2ncccn2)CC1.I. The fraction of sp³-hybridized carbons (Fsp3) is 0.476. The number of ether oxygens (including phenoxy) is 1. The second-order valence-electron chi connectivity index (χ2n) is 6.83. The summed E-state index contributed by atoms with van der Waals surface area (Å²) in [6, 6.07) is 8.05. The van der Waals surface area contributed by atoms with Crippen LogP contribution in [0, 0.1) is 13.8 Å². The minimum absolute atomic E-state index is 0. The Morgan fingerprint density at radius 1 is 1.07 bits per heavy atom. The number of benzene rings is 1. The highest BCUT2D eigenvalue weighted by atomic mass is 127. The van der Waals surface area contributed by atoms with Gasteiger partial charge in [-0.3, -0.25) is 0 Å². The van der Waals surface area contributed by atoms with Crippen LogP contribution in [-0.2, 0) is 0 Å². The molecule has 1 aliphatic heterocycles. The standard InChI is InChI=1S/C21H30N6O.HI/c1-4-22-20(25-11-16-28-19-17(2)7-5-8-18(19)3)26-12-14-27(15-13-26)21-23-9-6-10-24-21;/h5-10H,4,11-16H2,1-3H3,(H,22,25);1H. The molecule has 8 heteroatoms. The van der Waals surface area contributed by atoms with Crippen molar-refractivity contribution in [3.05, 3.63) is 47.8 Å². The van der Waals surface area contributed by atoms with Gasteiger partial charge in [0.15, 0.2) is 5.96 Å². The Morgan fingerprint density at radius 2 is 1.72 bits per heavy atom. The normalized spacial score (nSPS) is 14.4. The van der Waals surface area contributed by atoms with Crippen LogP contribution in [0.2, 0.25) is 0 Å². The maximum absolute atomic E-state index is 5.98. The van der Waals surface area contributed by atoms with Crippen LogP contribution in [0.3, 0.4) is 0 Å². The Kier molecular flexibility index (Phi) is 9.43. The van der Waals surface area contributed by atoms with Gasteiger partial charge < -0.3 is 19.9 Å². The first kappa shape index (κ1) is 23.2. The zero-order valence-electron chi connectivity index (χ0n) is 17.5. The van der Waals surface area contributed by atoms with Crippen LogP contribution in [0.1, 0.15) is 18.1 Å². The van der Waals surface area contributed by atoms with E-state index in [4.69, 9.17) is 9.73 Å². The molecular weight excluding hydrogens is 479 g/mol. The van der Waals surface area contributed by atoms with E-state index in [9.17, 15) is 0 Å². The van der Waals surface area contributed by atoms with Gasteiger partial charge in [0.25, 0.3) is 0 Å². The maximum Gasteiger partial charge on any atom is 0.225 e. The lowest BCUT2D eigenvalue weighted by molar-refractivity contribution is 0.321. The van der Waals surface area contributed by atoms with Gasteiger partial charge in [0, 0.05) is 45.1 Å². The molecule has 0 amide bonds. The Morgan fingerprint density at radius 3 is 2.34 bits per heavy atom. The van der Waals surface area contributed by atoms with Gasteiger partial charge in [-0.1, -0.05) is 18.2 Å². The van der Waals surface area contributed by atoms with Crippen molar-refractivity contribution >= 4 is 35.9 Å². The summed E-state index contributed by atoms with van der Waals surface area (Å²) < 4.78 is 5.98. The smallest absolute Gasteiger partial charge is 0.225 e. The predicted octanol–water partition coefficient (Wildman–Crippen LogP) is 2.88. The van der Waals surface area contributed by atoms with Gasteiger partial charge in [-0.2, -0.15) is 0 Å². The maximum atomic E-state index is 5.98. The van der Waals surface area contributed by atoms with Crippen LogP contribution >= 0.6 is 24.0 Å². The fourth-order valence-electron chi connectivity index (χ4n) is 3.32. The first-order valence-corrected chi connectivity index (χ1v) is 9.93. The van der Waals surface area contributed by atoms with E-state index >= 15 is 0 Å². The molecule has 1 aromatic heterocycles. The summed E-state index contributed by atoms with van der Waals surface area (Å²) >= 11 is 0. The number of aryl methyl sites for hydroxylation is 2. The lowest BCUT2D eigenvalue weighted by atomic mass is 10.1. The molecule has 3 rings (SSSR count). The van der Waals surface area contributed by atoms with Crippen molar-refractivity contribution in [2.75, 3.05) is 50.8 Å². The lowest BCUT2D eigenvalue weighted by Crippen LogP contribution is -2.53. The second-order valence-corrected chi connectivity index (χ2v) is 6.83. The number of nitrogens with zero attached hydrogens (tertiary/aromatic N) is 5. The summed E-state index contributed by atoms with van der Waals surface area (Å²) in [5, 5.41) is 3.40. The summed E-state index contributed by atoms with van der Waals surface area (Å²) in [5.41, 5.74) is 2.32. The van der Waals surface area contributed by atoms with Gasteiger partial charge in [0.1, 0.15) is 12.4 Å². The molecule has 0 atom stereocenters. The molecule has 1 aliphatic rings. The zero-order chi connectivity index (χ0) is 19.8. The zero-order valence-corrected chi connectivity index (χ0v) is 19.8. The number of piperazine rings is 1. The van der Waals surface area contributed by atoms with Crippen molar-refractivity contribution in [3.63, 3.8) is 0 Å². The average molecular weight is 510 g/mol. The van der Waals surface area contributed by atoms with E-state index < -0.39 is 0 Å². The number of aliphatic imine (C=N–C) groups is 1. The van der Waals surface area contributed by atoms with Crippen molar-refractivity contribution in [2.45, 2.75) is 20.8 Å². The molecule has 0 saturated carbocycles. The lowest BCUT2D eigenvalue weighted by Gasteiger charge is -2.36. The Bertz CT molecular complexity index is 758. The van der Waals surface area contributed by atoms with Gasteiger partial charge in [0.05, 0.1) is 6.54 Å². The molecular formula is C21H31IN6O. The number of rotatable bonds is 6. The van der Waals surface area contributed by atoms with Crippen LogP contribution in [0.5, 0.6) is 5.75 Å². The van der Waals surface area contributed by atoms with E-state index in [1.807, 2.05) is 6.07 Å². The first-order valence-electron chi connectivity index (χ1n) is 9.93. The summed E-state index contributed by atoms with van der Waals surface area (Å²) in [5.74, 6) is 2.71. The molecule has 1 aromatic carbocycles. The quantitative estimate of drug-likeness (QED) is 0.279. The fourth-order valence-corrected chi connectivity index (χ4v) is 3.32. The molecule has 2 aromatic rings. The molecule has 2 heterocycles. The van der Waals surface area contributed by atoms with Gasteiger partial charge in [-0.25, -0.2) is 15.0 Å². The number of aromatic nitrogens is 2. The van der Waals surface area contributed by atoms with Crippen LogP contribution < -0.4 is 15.0 Å². The van der Waals surface area contributed by atoms with Crippen LogP contribution in [0.4, 0.5) is 5.95 Å². The van der Waals surface area contributed by atoms with E-state index in [1.165, 1.54) is 0 Å². The van der Waals surface area contributed by atoms with E-state index in [1.54, 1.807) is 12.4 Å². The largest absolute Gasteiger partial charge is 0.491 e. The molecule has 1 fully saturated rings. The van der Waals surface area contributed by atoms with Crippen LogP contribution in [0.15, 0.2) is 41.7 Å².